The van der Waals surface area contributed by atoms with E-state index in [4.69, 9.17) is 27.9 Å². The second-order valence-electron chi connectivity index (χ2n) is 6.43. The second kappa shape index (κ2) is 7.67. The monoisotopic (exact) mass is 400 g/mol. The molecule has 1 aliphatic rings. The molecule has 27 heavy (non-hydrogen) atoms. The molecule has 1 aliphatic heterocycles. The van der Waals surface area contributed by atoms with Crippen LogP contribution in [0.4, 0.5) is 0 Å². The molecule has 0 fully saturated rings. The van der Waals surface area contributed by atoms with Crippen LogP contribution in [0.1, 0.15) is 12.0 Å². The molecule has 0 unspecified atom stereocenters. The van der Waals surface area contributed by atoms with E-state index in [2.05, 4.69) is 23.2 Å². The number of fused-ring (bicyclic) bond motifs is 1. The third-order valence-electron chi connectivity index (χ3n) is 4.74. The average Bonchev–Trinajstić information content (AvgIpc) is 3.11. The summed E-state index contributed by atoms with van der Waals surface area (Å²) < 4.78 is 5.56. The molecule has 0 bridgehead atoms. The average molecular weight is 401 g/mol. The molecule has 0 spiro atoms. The molecule has 0 atom stereocenters. The first-order valence-corrected chi connectivity index (χ1v) is 9.48. The Morgan fingerprint density at radius 2 is 2.04 bits per heavy atom. The number of para-hydroxylation sites is 1. The lowest BCUT2D eigenvalue weighted by Crippen LogP contribution is -2.37. The van der Waals surface area contributed by atoms with E-state index in [1.165, 1.54) is 16.5 Å². The van der Waals surface area contributed by atoms with Crippen LogP contribution >= 0.6 is 23.2 Å². The molecule has 1 amide bonds. The molecule has 6 heteroatoms. The molecular formula is C21H18Cl2N2O2. The number of hydrogen-bond donors (Lipinski definition) is 1. The Morgan fingerprint density at radius 3 is 2.81 bits per heavy atom. The predicted molar refractivity (Wildman–Crippen MR) is 109 cm³/mol. The number of benzene rings is 2. The first-order chi connectivity index (χ1) is 13.1. The van der Waals surface area contributed by atoms with Gasteiger partial charge >= 0.3 is 0 Å². The standard InChI is InChI=1S/C21H18Cl2N2O2/c22-15-5-6-20(18(23)11-15)27-13-21(26)25-9-7-14(8-10-25)17-12-24-19-4-2-1-3-16(17)19/h1-7,11-12,24H,8-10,13H2. The minimum Gasteiger partial charge on any atom is -0.482 e. The van der Waals surface area contributed by atoms with Crippen molar-refractivity contribution in [3.8, 4) is 5.75 Å². The van der Waals surface area contributed by atoms with Gasteiger partial charge in [-0.15, -0.1) is 0 Å². The lowest BCUT2D eigenvalue weighted by molar-refractivity contribution is -0.132. The quantitative estimate of drug-likeness (QED) is 0.656. The van der Waals surface area contributed by atoms with Crippen LogP contribution in [0.25, 0.3) is 16.5 Å². The molecule has 2 aromatic carbocycles. The zero-order chi connectivity index (χ0) is 18.8. The fourth-order valence-electron chi connectivity index (χ4n) is 3.30. The van der Waals surface area contributed by atoms with Crippen LogP contribution in [-0.4, -0.2) is 35.5 Å². The fourth-order valence-corrected chi connectivity index (χ4v) is 3.76. The number of aromatic amines is 1. The lowest BCUT2D eigenvalue weighted by Gasteiger charge is -2.26. The molecule has 1 N–H and O–H groups in total. The number of carbonyl (C=O) groups is 1. The number of rotatable bonds is 4. The van der Waals surface area contributed by atoms with E-state index in [0.717, 1.165) is 11.9 Å². The van der Waals surface area contributed by atoms with Gasteiger partial charge in [-0.3, -0.25) is 4.79 Å². The first-order valence-electron chi connectivity index (χ1n) is 8.73. The van der Waals surface area contributed by atoms with Crippen LogP contribution in [0.5, 0.6) is 5.75 Å². The van der Waals surface area contributed by atoms with Crippen LogP contribution in [0.15, 0.2) is 54.7 Å². The third-order valence-corrected chi connectivity index (χ3v) is 5.27. The molecule has 4 rings (SSSR count). The van der Waals surface area contributed by atoms with Crippen molar-refractivity contribution in [2.45, 2.75) is 6.42 Å². The summed E-state index contributed by atoms with van der Waals surface area (Å²) in [5.74, 6) is 0.400. The molecule has 1 aromatic heterocycles. The van der Waals surface area contributed by atoms with Crippen molar-refractivity contribution >= 4 is 45.6 Å². The summed E-state index contributed by atoms with van der Waals surface area (Å²) in [6.45, 7) is 1.20. The number of halogens is 2. The number of amides is 1. The van der Waals surface area contributed by atoms with Crippen molar-refractivity contribution in [3.05, 3.63) is 70.3 Å². The summed E-state index contributed by atoms with van der Waals surface area (Å²) in [4.78, 5) is 17.5. The topological polar surface area (TPSA) is 45.3 Å². The van der Waals surface area contributed by atoms with Gasteiger partial charge in [-0.1, -0.05) is 47.5 Å². The Morgan fingerprint density at radius 1 is 1.19 bits per heavy atom. The Hall–Kier alpha value is -2.43. The highest BCUT2D eigenvalue weighted by atomic mass is 35.5. The smallest absolute Gasteiger partial charge is 0.260 e. The van der Waals surface area contributed by atoms with E-state index in [1.54, 1.807) is 23.1 Å². The maximum Gasteiger partial charge on any atom is 0.260 e. The van der Waals surface area contributed by atoms with Gasteiger partial charge in [0.15, 0.2) is 6.61 Å². The van der Waals surface area contributed by atoms with Crippen LogP contribution < -0.4 is 4.74 Å². The lowest BCUT2D eigenvalue weighted by atomic mass is 9.99. The van der Waals surface area contributed by atoms with Crippen LogP contribution in [0, 0.1) is 0 Å². The van der Waals surface area contributed by atoms with E-state index in [1.807, 2.05) is 18.3 Å². The van der Waals surface area contributed by atoms with Gasteiger partial charge in [-0.25, -0.2) is 0 Å². The molecule has 138 valence electrons. The highest BCUT2D eigenvalue weighted by molar-refractivity contribution is 6.35. The van der Waals surface area contributed by atoms with Crippen LogP contribution in [0.3, 0.4) is 0 Å². The minimum absolute atomic E-state index is 0.0440. The highest BCUT2D eigenvalue weighted by Gasteiger charge is 2.20. The Bertz CT molecular complexity index is 1030. The molecular weight excluding hydrogens is 383 g/mol. The Kier molecular flexibility index (Phi) is 5.10. The van der Waals surface area contributed by atoms with Gasteiger partial charge in [0, 0.05) is 40.8 Å². The maximum atomic E-state index is 12.5. The second-order valence-corrected chi connectivity index (χ2v) is 7.27. The van der Waals surface area contributed by atoms with Gasteiger partial charge in [-0.2, -0.15) is 0 Å². The third kappa shape index (κ3) is 3.82. The molecule has 4 nitrogen and oxygen atoms in total. The van der Waals surface area contributed by atoms with Gasteiger partial charge in [-0.05, 0) is 36.3 Å². The largest absolute Gasteiger partial charge is 0.482 e. The normalized spacial score (nSPS) is 14.3. The van der Waals surface area contributed by atoms with E-state index >= 15 is 0 Å². The maximum absolute atomic E-state index is 12.5. The molecule has 0 aliphatic carbocycles. The molecule has 0 saturated heterocycles. The summed E-state index contributed by atoms with van der Waals surface area (Å²) in [7, 11) is 0. The van der Waals surface area contributed by atoms with E-state index in [-0.39, 0.29) is 12.5 Å². The van der Waals surface area contributed by atoms with Crippen molar-refractivity contribution in [2.24, 2.45) is 0 Å². The van der Waals surface area contributed by atoms with Crippen molar-refractivity contribution in [1.29, 1.82) is 0 Å². The number of H-pyrrole nitrogens is 1. The van der Waals surface area contributed by atoms with Crippen molar-refractivity contribution < 1.29 is 9.53 Å². The summed E-state index contributed by atoms with van der Waals surface area (Å²) in [6.07, 6.45) is 4.97. The van der Waals surface area contributed by atoms with Gasteiger partial charge in [0.1, 0.15) is 5.75 Å². The van der Waals surface area contributed by atoms with Gasteiger partial charge in [0.25, 0.3) is 5.91 Å². The summed E-state index contributed by atoms with van der Waals surface area (Å²) in [5.41, 5.74) is 3.60. The predicted octanol–water partition coefficient (Wildman–Crippen LogP) is 5.17. The Labute approximate surface area is 167 Å². The molecule has 3 aromatic rings. The van der Waals surface area contributed by atoms with Gasteiger partial charge < -0.3 is 14.6 Å². The summed E-state index contributed by atoms with van der Waals surface area (Å²) >= 11 is 11.9. The van der Waals surface area contributed by atoms with E-state index in [9.17, 15) is 4.79 Å². The molecule has 2 heterocycles. The summed E-state index contributed by atoms with van der Waals surface area (Å²) in [5, 5.41) is 2.14. The fraction of sp³-hybridized carbons (Fsp3) is 0.190. The van der Waals surface area contributed by atoms with E-state index < -0.39 is 0 Å². The van der Waals surface area contributed by atoms with Crippen molar-refractivity contribution in [2.75, 3.05) is 19.7 Å². The van der Waals surface area contributed by atoms with Gasteiger partial charge in [0.05, 0.1) is 5.02 Å². The molecule has 0 saturated carbocycles. The minimum atomic E-state index is -0.0600. The number of nitrogens with one attached hydrogen (secondary N) is 1. The SMILES string of the molecule is O=C(COc1ccc(Cl)cc1Cl)N1CC=C(c2c[nH]c3ccccc23)CC1. The summed E-state index contributed by atoms with van der Waals surface area (Å²) in [6, 6.07) is 13.2. The number of ether oxygens (including phenoxy) is 1. The Balaban J connectivity index is 1.40. The number of nitrogens with zero attached hydrogens (tertiary/aromatic N) is 1. The highest BCUT2D eigenvalue weighted by Crippen LogP contribution is 2.30. The first kappa shape index (κ1) is 18.0. The molecule has 0 radical (unpaired) electrons. The van der Waals surface area contributed by atoms with Crippen molar-refractivity contribution in [1.82, 2.24) is 9.88 Å². The number of hydrogen-bond acceptors (Lipinski definition) is 2. The zero-order valence-electron chi connectivity index (χ0n) is 14.5. The van der Waals surface area contributed by atoms with Crippen LogP contribution in [0.2, 0.25) is 10.0 Å². The zero-order valence-corrected chi connectivity index (χ0v) is 16.1. The number of aromatic nitrogens is 1. The number of carbonyl (C=O) groups excluding carboxylic acids is 1. The van der Waals surface area contributed by atoms with Crippen LogP contribution in [-0.2, 0) is 4.79 Å². The van der Waals surface area contributed by atoms with Gasteiger partial charge in [0.2, 0.25) is 0 Å². The van der Waals surface area contributed by atoms with Crippen molar-refractivity contribution in [3.63, 3.8) is 0 Å². The van der Waals surface area contributed by atoms with E-state index in [0.29, 0.717) is 28.9 Å².